The fourth-order valence-electron chi connectivity index (χ4n) is 0.242. The number of phosphoric ester groups is 1. The largest absolute Gasteiger partial charge is 0.469 e. The van der Waals surface area contributed by atoms with Gasteiger partial charge in [0.1, 0.15) is 0 Å². The molecule has 0 aromatic heterocycles. The molecule has 0 bridgehead atoms. The molecule has 0 heterocycles. The normalized spacial score (nSPS) is 13.7. The third-order valence-electron chi connectivity index (χ3n) is 0.586. The van der Waals surface area contributed by atoms with Gasteiger partial charge in [-0.25, -0.2) is 4.57 Å². The lowest BCUT2D eigenvalue weighted by Gasteiger charge is -2.16. The van der Waals surface area contributed by atoms with E-state index in [9.17, 15) is 4.57 Å². The van der Waals surface area contributed by atoms with E-state index in [1.807, 2.05) is 0 Å². The van der Waals surface area contributed by atoms with Crippen LogP contribution in [0.2, 0.25) is 0 Å². The molecule has 0 saturated carbocycles. The Kier molecular flexibility index (Phi) is 3.00. The molecule has 0 aliphatic carbocycles. The quantitative estimate of drug-likeness (QED) is 0.513. The predicted molar refractivity (Wildman–Crippen MR) is 34.3 cm³/mol. The third-order valence-corrected chi connectivity index (χ3v) is 1.05. The molecule has 0 rings (SSSR count). The number of aliphatic hydroxyl groups is 1. The minimum Gasteiger partial charge on any atom is -0.388 e. The zero-order valence-electron chi connectivity index (χ0n) is 5.81. The van der Waals surface area contributed by atoms with E-state index >= 15 is 0 Å². The fraction of sp³-hybridized carbons (Fsp3) is 1.00. The fourth-order valence-corrected chi connectivity index (χ4v) is 0.726. The van der Waals surface area contributed by atoms with Crippen LogP contribution in [-0.4, -0.2) is 27.1 Å². The molecule has 0 radical (unpaired) electrons. The van der Waals surface area contributed by atoms with Crippen molar-refractivity contribution in [2.24, 2.45) is 0 Å². The maximum Gasteiger partial charge on any atom is 0.469 e. The van der Waals surface area contributed by atoms with E-state index in [2.05, 4.69) is 4.52 Å². The van der Waals surface area contributed by atoms with E-state index in [0.29, 0.717) is 0 Å². The highest BCUT2D eigenvalue weighted by molar-refractivity contribution is 7.46. The molecule has 5 nitrogen and oxygen atoms in total. The number of hydrogen-bond acceptors (Lipinski definition) is 3. The molecule has 0 aliphatic heterocycles. The molecule has 3 N–H and O–H groups in total. The van der Waals surface area contributed by atoms with E-state index in [4.69, 9.17) is 14.9 Å². The van der Waals surface area contributed by atoms with Gasteiger partial charge in [0.25, 0.3) is 0 Å². The summed E-state index contributed by atoms with van der Waals surface area (Å²) in [6.07, 6.45) is 0. The van der Waals surface area contributed by atoms with E-state index < -0.39 is 13.4 Å². The van der Waals surface area contributed by atoms with Crippen LogP contribution in [0.25, 0.3) is 0 Å². The Hall–Kier alpha value is 0.0700. The van der Waals surface area contributed by atoms with Gasteiger partial charge in [-0.2, -0.15) is 0 Å². The molecule has 10 heavy (non-hydrogen) atoms. The van der Waals surface area contributed by atoms with Gasteiger partial charge < -0.3 is 14.9 Å². The molecule has 0 saturated heterocycles. The molecule has 0 aliphatic rings. The zero-order valence-corrected chi connectivity index (χ0v) is 6.71. The van der Waals surface area contributed by atoms with Crippen LogP contribution in [0.15, 0.2) is 0 Å². The predicted octanol–water partition coefficient (Wildman–Crippen LogP) is -0.133. The molecule has 0 aromatic carbocycles. The van der Waals surface area contributed by atoms with Gasteiger partial charge in [0.05, 0.1) is 12.2 Å². The lowest BCUT2D eigenvalue weighted by Crippen LogP contribution is -2.25. The van der Waals surface area contributed by atoms with Gasteiger partial charge in [0.2, 0.25) is 0 Å². The average molecular weight is 170 g/mol. The highest BCUT2D eigenvalue weighted by Crippen LogP contribution is 2.36. The standard InChI is InChI=1S/C4H11O5P/c1-4(2,5)3-9-10(6,7)8/h5H,3H2,1-2H3,(H2,6,7,8). The zero-order chi connectivity index (χ0) is 8.41. The van der Waals surface area contributed by atoms with Crippen molar-refractivity contribution >= 4 is 7.82 Å². The van der Waals surface area contributed by atoms with E-state index in [-0.39, 0.29) is 6.61 Å². The summed E-state index contributed by atoms with van der Waals surface area (Å²) >= 11 is 0. The second-order valence-electron chi connectivity index (χ2n) is 2.58. The first-order valence-corrected chi connectivity index (χ1v) is 4.16. The maximum absolute atomic E-state index is 10.0. The third kappa shape index (κ3) is 8.07. The monoisotopic (exact) mass is 170 g/mol. The molecular weight excluding hydrogens is 159 g/mol. The molecule has 0 spiro atoms. The van der Waals surface area contributed by atoms with Crippen LogP contribution in [0.5, 0.6) is 0 Å². The second-order valence-corrected chi connectivity index (χ2v) is 3.82. The average Bonchev–Trinajstić information content (AvgIpc) is 1.57. The van der Waals surface area contributed by atoms with Crippen LogP contribution in [0.4, 0.5) is 0 Å². The van der Waals surface area contributed by atoms with Crippen LogP contribution in [0.3, 0.4) is 0 Å². The summed E-state index contributed by atoms with van der Waals surface area (Å²) in [7, 11) is -4.42. The first-order chi connectivity index (χ1) is 4.21. The van der Waals surface area contributed by atoms with Gasteiger partial charge in [0.15, 0.2) is 0 Å². The van der Waals surface area contributed by atoms with Gasteiger partial charge in [-0.3, -0.25) is 4.52 Å². The Morgan fingerprint density at radius 3 is 2.00 bits per heavy atom. The molecule has 0 fully saturated rings. The van der Waals surface area contributed by atoms with E-state index in [1.54, 1.807) is 0 Å². The molecule has 0 aromatic rings. The highest BCUT2D eigenvalue weighted by Gasteiger charge is 2.20. The van der Waals surface area contributed by atoms with Crippen LogP contribution in [0.1, 0.15) is 13.8 Å². The number of phosphoric acid groups is 1. The van der Waals surface area contributed by atoms with Crippen LogP contribution < -0.4 is 0 Å². The molecule has 62 valence electrons. The first-order valence-electron chi connectivity index (χ1n) is 2.63. The van der Waals surface area contributed by atoms with Crippen molar-refractivity contribution in [3.63, 3.8) is 0 Å². The Morgan fingerprint density at radius 1 is 1.50 bits per heavy atom. The highest BCUT2D eigenvalue weighted by atomic mass is 31.2. The molecule has 0 atom stereocenters. The van der Waals surface area contributed by atoms with Crippen molar-refractivity contribution in [2.45, 2.75) is 19.4 Å². The summed E-state index contributed by atoms with van der Waals surface area (Å²) in [4.78, 5) is 16.3. The van der Waals surface area contributed by atoms with E-state index in [0.717, 1.165) is 0 Å². The Labute approximate surface area is 58.9 Å². The first kappa shape index (κ1) is 10.1. The van der Waals surface area contributed by atoms with Crippen molar-refractivity contribution in [2.75, 3.05) is 6.61 Å². The summed E-state index contributed by atoms with van der Waals surface area (Å²) in [6, 6.07) is 0. The lowest BCUT2D eigenvalue weighted by atomic mass is 10.2. The van der Waals surface area contributed by atoms with Gasteiger partial charge >= 0.3 is 7.82 Å². The van der Waals surface area contributed by atoms with E-state index in [1.165, 1.54) is 13.8 Å². The SMILES string of the molecule is CC(C)(O)COP(=O)(O)O. The van der Waals surface area contributed by atoms with Gasteiger partial charge in [-0.1, -0.05) is 0 Å². The Morgan fingerprint density at radius 2 is 1.90 bits per heavy atom. The molecular formula is C4H11O5P. The van der Waals surface area contributed by atoms with Gasteiger partial charge in [-0.15, -0.1) is 0 Å². The summed E-state index contributed by atoms with van der Waals surface area (Å²) in [5.74, 6) is 0. The summed E-state index contributed by atoms with van der Waals surface area (Å²) in [5, 5.41) is 8.91. The Bertz CT molecular complexity index is 142. The van der Waals surface area contributed by atoms with Crippen LogP contribution in [0, 0.1) is 0 Å². The van der Waals surface area contributed by atoms with Crippen molar-refractivity contribution in [1.29, 1.82) is 0 Å². The van der Waals surface area contributed by atoms with Crippen LogP contribution >= 0.6 is 7.82 Å². The number of hydrogen-bond donors (Lipinski definition) is 3. The second kappa shape index (κ2) is 2.98. The maximum atomic E-state index is 10.0. The topological polar surface area (TPSA) is 87.0 Å². The minimum absolute atomic E-state index is 0.378. The Balaban J connectivity index is 3.67. The summed E-state index contributed by atoms with van der Waals surface area (Å²) in [5.41, 5.74) is -1.21. The van der Waals surface area contributed by atoms with Crippen LogP contribution in [-0.2, 0) is 9.09 Å². The summed E-state index contributed by atoms with van der Waals surface area (Å²) in [6.45, 7) is 2.41. The smallest absolute Gasteiger partial charge is 0.388 e. The molecule has 0 amide bonds. The molecule has 6 heteroatoms. The van der Waals surface area contributed by atoms with Crippen molar-refractivity contribution < 1.29 is 24.0 Å². The van der Waals surface area contributed by atoms with Crippen molar-refractivity contribution in [1.82, 2.24) is 0 Å². The lowest BCUT2D eigenvalue weighted by molar-refractivity contribution is 0.0164. The summed E-state index contributed by atoms with van der Waals surface area (Å²) < 4.78 is 14.0. The minimum atomic E-state index is -4.42. The van der Waals surface area contributed by atoms with Crippen molar-refractivity contribution in [3.05, 3.63) is 0 Å². The van der Waals surface area contributed by atoms with Gasteiger partial charge in [0, 0.05) is 0 Å². The molecule has 0 unspecified atom stereocenters. The van der Waals surface area contributed by atoms with Crippen molar-refractivity contribution in [3.8, 4) is 0 Å². The number of rotatable bonds is 3. The van der Waals surface area contributed by atoms with Gasteiger partial charge in [-0.05, 0) is 13.8 Å².